The SMILES string of the molecule is O=C(C1CCC1)N1CCN(C2CSCCSC2)CC1. The van der Waals surface area contributed by atoms with Crippen LogP contribution in [-0.4, -0.2) is 70.9 Å². The third kappa shape index (κ3) is 3.42. The van der Waals surface area contributed by atoms with Crippen LogP contribution in [0.4, 0.5) is 0 Å². The fourth-order valence-corrected chi connectivity index (χ4v) is 5.66. The highest BCUT2D eigenvalue weighted by atomic mass is 32.2. The minimum Gasteiger partial charge on any atom is -0.340 e. The monoisotopic (exact) mass is 300 g/mol. The molecule has 19 heavy (non-hydrogen) atoms. The third-order valence-corrected chi connectivity index (χ3v) is 7.07. The number of carbonyl (C=O) groups excluding carboxylic acids is 1. The highest BCUT2D eigenvalue weighted by Crippen LogP contribution is 2.29. The van der Waals surface area contributed by atoms with Crippen molar-refractivity contribution < 1.29 is 4.79 Å². The maximum atomic E-state index is 12.2. The van der Waals surface area contributed by atoms with E-state index in [-0.39, 0.29) is 0 Å². The number of thioether (sulfide) groups is 2. The molecule has 2 aliphatic heterocycles. The summed E-state index contributed by atoms with van der Waals surface area (Å²) in [5, 5.41) is 0. The number of rotatable bonds is 2. The van der Waals surface area contributed by atoms with Crippen molar-refractivity contribution in [3.8, 4) is 0 Å². The Hall–Kier alpha value is 0.130. The largest absolute Gasteiger partial charge is 0.340 e. The zero-order valence-corrected chi connectivity index (χ0v) is 13.2. The lowest BCUT2D eigenvalue weighted by Crippen LogP contribution is -2.54. The second kappa shape index (κ2) is 6.72. The van der Waals surface area contributed by atoms with Crippen molar-refractivity contribution in [1.29, 1.82) is 0 Å². The molecule has 2 saturated heterocycles. The van der Waals surface area contributed by atoms with Crippen LogP contribution < -0.4 is 0 Å². The Kier molecular flexibility index (Phi) is 4.98. The van der Waals surface area contributed by atoms with Gasteiger partial charge in [-0.2, -0.15) is 23.5 Å². The predicted molar refractivity (Wildman–Crippen MR) is 83.9 cm³/mol. The molecule has 0 atom stereocenters. The van der Waals surface area contributed by atoms with Gasteiger partial charge in [0, 0.05) is 61.2 Å². The van der Waals surface area contributed by atoms with Crippen molar-refractivity contribution in [2.45, 2.75) is 25.3 Å². The van der Waals surface area contributed by atoms with E-state index in [0.717, 1.165) is 45.1 Å². The summed E-state index contributed by atoms with van der Waals surface area (Å²) in [5.41, 5.74) is 0. The van der Waals surface area contributed by atoms with Crippen LogP contribution in [0.2, 0.25) is 0 Å². The van der Waals surface area contributed by atoms with Gasteiger partial charge in [-0.15, -0.1) is 0 Å². The molecule has 5 heteroatoms. The summed E-state index contributed by atoms with van der Waals surface area (Å²) in [5.74, 6) is 5.99. The molecule has 2 heterocycles. The van der Waals surface area contributed by atoms with E-state index >= 15 is 0 Å². The fourth-order valence-electron chi connectivity index (χ4n) is 3.04. The molecule has 0 spiro atoms. The van der Waals surface area contributed by atoms with Crippen molar-refractivity contribution in [2.75, 3.05) is 49.2 Å². The molecule has 0 bridgehead atoms. The molecule has 1 amide bonds. The second-order valence-corrected chi connectivity index (χ2v) is 8.09. The Labute approximate surface area is 124 Å². The molecule has 0 aromatic heterocycles. The predicted octanol–water partition coefficient (Wildman–Crippen LogP) is 1.78. The van der Waals surface area contributed by atoms with Gasteiger partial charge in [0.15, 0.2) is 0 Å². The van der Waals surface area contributed by atoms with Crippen LogP contribution in [0.5, 0.6) is 0 Å². The molecule has 1 aliphatic carbocycles. The summed E-state index contributed by atoms with van der Waals surface area (Å²) in [6.07, 6.45) is 3.52. The van der Waals surface area contributed by atoms with Gasteiger partial charge in [-0.3, -0.25) is 9.69 Å². The molecule has 0 aromatic rings. The van der Waals surface area contributed by atoms with E-state index in [1.54, 1.807) is 0 Å². The van der Waals surface area contributed by atoms with Crippen molar-refractivity contribution in [2.24, 2.45) is 5.92 Å². The van der Waals surface area contributed by atoms with Gasteiger partial charge in [0.1, 0.15) is 0 Å². The fraction of sp³-hybridized carbons (Fsp3) is 0.929. The Balaban J connectivity index is 1.46. The van der Waals surface area contributed by atoms with Crippen LogP contribution in [-0.2, 0) is 4.79 Å². The van der Waals surface area contributed by atoms with Gasteiger partial charge in [-0.25, -0.2) is 0 Å². The number of carbonyl (C=O) groups is 1. The van der Waals surface area contributed by atoms with E-state index < -0.39 is 0 Å². The summed E-state index contributed by atoms with van der Waals surface area (Å²) in [4.78, 5) is 17.0. The van der Waals surface area contributed by atoms with Crippen LogP contribution in [0.1, 0.15) is 19.3 Å². The Morgan fingerprint density at radius 2 is 1.58 bits per heavy atom. The summed E-state index contributed by atoms with van der Waals surface area (Å²) in [7, 11) is 0. The molecule has 0 aromatic carbocycles. The summed E-state index contributed by atoms with van der Waals surface area (Å²) in [6, 6.07) is 0.735. The summed E-state index contributed by atoms with van der Waals surface area (Å²) < 4.78 is 0. The minimum atomic E-state index is 0.371. The zero-order chi connectivity index (χ0) is 13.1. The molecule has 3 nitrogen and oxygen atoms in total. The molecule has 1 saturated carbocycles. The van der Waals surface area contributed by atoms with Crippen LogP contribution in [0.3, 0.4) is 0 Å². The average Bonchev–Trinajstić information content (AvgIpc) is 2.65. The number of amides is 1. The van der Waals surface area contributed by atoms with Gasteiger partial charge in [0.05, 0.1) is 0 Å². The Morgan fingerprint density at radius 3 is 2.11 bits per heavy atom. The molecular formula is C14H24N2OS2. The van der Waals surface area contributed by atoms with Crippen molar-refractivity contribution >= 4 is 29.4 Å². The molecule has 3 rings (SSSR count). The average molecular weight is 300 g/mol. The molecule has 3 fully saturated rings. The first kappa shape index (κ1) is 14.1. The molecule has 3 aliphatic rings. The van der Waals surface area contributed by atoms with Gasteiger partial charge >= 0.3 is 0 Å². The van der Waals surface area contributed by atoms with Gasteiger partial charge in [-0.05, 0) is 12.8 Å². The summed E-state index contributed by atoms with van der Waals surface area (Å²) in [6.45, 7) is 4.09. The van der Waals surface area contributed by atoms with Crippen molar-refractivity contribution in [3.63, 3.8) is 0 Å². The van der Waals surface area contributed by atoms with Crippen LogP contribution in [0.25, 0.3) is 0 Å². The lowest BCUT2D eigenvalue weighted by atomic mass is 9.84. The maximum Gasteiger partial charge on any atom is 0.225 e. The van der Waals surface area contributed by atoms with E-state index in [1.807, 2.05) is 0 Å². The minimum absolute atomic E-state index is 0.371. The molecular weight excluding hydrogens is 276 g/mol. The first-order chi connectivity index (χ1) is 9.34. The van der Waals surface area contributed by atoms with E-state index in [1.165, 1.54) is 29.4 Å². The zero-order valence-electron chi connectivity index (χ0n) is 11.6. The first-order valence-electron chi connectivity index (χ1n) is 7.53. The van der Waals surface area contributed by atoms with Gasteiger partial charge in [0.25, 0.3) is 0 Å². The second-order valence-electron chi connectivity index (χ2n) is 5.79. The maximum absolute atomic E-state index is 12.2. The quantitative estimate of drug-likeness (QED) is 0.775. The van der Waals surface area contributed by atoms with Gasteiger partial charge in [-0.1, -0.05) is 6.42 Å². The number of nitrogens with zero attached hydrogens (tertiary/aromatic N) is 2. The molecule has 108 valence electrons. The van der Waals surface area contributed by atoms with E-state index in [0.29, 0.717) is 11.8 Å². The normalized spacial score (nSPS) is 27.9. The van der Waals surface area contributed by atoms with Crippen molar-refractivity contribution in [1.82, 2.24) is 9.80 Å². The first-order valence-corrected chi connectivity index (χ1v) is 9.84. The van der Waals surface area contributed by atoms with Crippen LogP contribution in [0.15, 0.2) is 0 Å². The van der Waals surface area contributed by atoms with Crippen LogP contribution >= 0.6 is 23.5 Å². The molecule has 0 N–H and O–H groups in total. The number of piperazine rings is 1. The highest BCUT2D eigenvalue weighted by Gasteiger charge is 2.32. The van der Waals surface area contributed by atoms with Crippen molar-refractivity contribution in [3.05, 3.63) is 0 Å². The summed E-state index contributed by atoms with van der Waals surface area (Å²) >= 11 is 4.20. The van der Waals surface area contributed by atoms with E-state index in [4.69, 9.17) is 0 Å². The lowest BCUT2D eigenvalue weighted by molar-refractivity contribution is -0.140. The number of hydrogen-bond donors (Lipinski definition) is 0. The van der Waals surface area contributed by atoms with Crippen LogP contribution in [0, 0.1) is 5.92 Å². The highest BCUT2D eigenvalue weighted by molar-refractivity contribution is 8.03. The lowest BCUT2D eigenvalue weighted by Gasteiger charge is -2.41. The standard InChI is InChI=1S/C14H24N2OS2/c17-14(12-2-1-3-12)16-6-4-15(5-7-16)13-10-18-8-9-19-11-13/h12-13H,1-11H2. The Bertz CT molecular complexity index is 307. The molecule has 0 radical (unpaired) electrons. The molecule has 0 unspecified atom stereocenters. The topological polar surface area (TPSA) is 23.6 Å². The van der Waals surface area contributed by atoms with E-state index in [9.17, 15) is 4.79 Å². The van der Waals surface area contributed by atoms with E-state index in [2.05, 4.69) is 33.3 Å². The number of hydrogen-bond acceptors (Lipinski definition) is 4. The third-order valence-electron chi connectivity index (χ3n) is 4.59. The Morgan fingerprint density at radius 1 is 0.947 bits per heavy atom. The van der Waals surface area contributed by atoms with Gasteiger partial charge < -0.3 is 4.90 Å². The smallest absolute Gasteiger partial charge is 0.225 e. The van der Waals surface area contributed by atoms with Gasteiger partial charge in [0.2, 0.25) is 5.91 Å².